The first-order valence-electron chi connectivity index (χ1n) is 6.84. The van der Waals surface area contributed by atoms with Crippen LogP contribution in [0.5, 0.6) is 0 Å². The number of rotatable bonds is 4. The summed E-state index contributed by atoms with van der Waals surface area (Å²) in [7, 11) is 0. The van der Waals surface area contributed by atoms with E-state index in [0.717, 1.165) is 22.4 Å². The van der Waals surface area contributed by atoms with Crippen LogP contribution in [-0.4, -0.2) is 21.2 Å². The number of benzene rings is 1. The summed E-state index contributed by atoms with van der Waals surface area (Å²) in [4.78, 5) is 15.8. The smallest absolute Gasteiger partial charge is 0.319 e. The minimum absolute atomic E-state index is 0.250. The number of aromatic nitrogens is 3. The second-order valence-electron chi connectivity index (χ2n) is 4.73. The minimum Gasteiger partial charge on any atom is -0.334 e. The molecule has 0 bridgehead atoms. The van der Waals surface area contributed by atoms with Gasteiger partial charge in [0.1, 0.15) is 0 Å². The number of nitrogens with one attached hydrogen (secondary N) is 3. The fourth-order valence-electron chi connectivity index (χ4n) is 2.02. The summed E-state index contributed by atoms with van der Waals surface area (Å²) in [5.74, 6) is 0. The highest BCUT2D eigenvalue weighted by atomic mass is 16.2. The molecule has 0 fully saturated rings. The number of aromatic amines is 1. The molecule has 0 aliphatic heterocycles. The number of H-pyrrole nitrogens is 1. The largest absolute Gasteiger partial charge is 0.334 e. The molecule has 0 atom stereocenters. The molecule has 2 amide bonds. The van der Waals surface area contributed by atoms with Crippen LogP contribution in [0.25, 0.3) is 11.1 Å². The van der Waals surface area contributed by atoms with Gasteiger partial charge in [0.2, 0.25) is 0 Å². The Labute approximate surface area is 127 Å². The summed E-state index contributed by atoms with van der Waals surface area (Å²) in [5, 5.41) is 12.3. The van der Waals surface area contributed by atoms with E-state index in [4.69, 9.17) is 0 Å². The summed E-state index contributed by atoms with van der Waals surface area (Å²) in [5.41, 5.74) is 3.73. The van der Waals surface area contributed by atoms with Gasteiger partial charge in [0.25, 0.3) is 0 Å². The van der Waals surface area contributed by atoms with E-state index in [1.807, 2.05) is 42.6 Å². The van der Waals surface area contributed by atoms with Gasteiger partial charge in [0.05, 0.1) is 6.20 Å². The summed E-state index contributed by atoms with van der Waals surface area (Å²) in [6, 6.07) is 11.1. The van der Waals surface area contributed by atoms with Crippen LogP contribution in [0.4, 0.5) is 10.5 Å². The van der Waals surface area contributed by atoms with Crippen molar-refractivity contribution in [2.75, 3.05) is 5.32 Å². The Bertz CT molecular complexity index is 723. The molecule has 110 valence electrons. The molecule has 3 rings (SSSR count). The Kier molecular flexibility index (Phi) is 4.10. The molecule has 0 unspecified atom stereocenters. The quantitative estimate of drug-likeness (QED) is 0.691. The van der Waals surface area contributed by atoms with Crippen molar-refractivity contribution < 1.29 is 4.79 Å². The minimum atomic E-state index is -0.250. The number of amides is 2. The molecule has 3 N–H and O–H groups in total. The number of hydrogen-bond acceptors (Lipinski definition) is 3. The van der Waals surface area contributed by atoms with Crippen LogP contribution < -0.4 is 10.6 Å². The molecule has 0 aliphatic rings. The van der Waals surface area contributed by atoms with Crippen molar-refractivity contribution in [3.8, 4) is 11.1 Å². The maximum Gasteiger partial charge on any atom is 0.319 e. The van der Waals surface area contributed by atoms with Gasteiger partial charge in [-0.3, -0.25) is 10.1 Å². The van der Waals surface area contributed by atoms with Crippen molar-refractivity contribution in [3.05, 3.63) is 66.7 Å². The first kappa shape index (κ1) is 13.8. The predicted molar refractivity (Wildman–Crippen MR) is 84.1 cm³/mol. The van der Waals surface area contributed by atoms with Gasteiger partial charge in [-0.15, -0.1) is 0 Å². The van der Waals surface area contributed by atoms with Gasteiger partial charge in [-0.25, -0.2) is 4.79 Å². The highest BCUT2D eigenvalue weighted by Crippen LogP contribution is 2.19. The molecule has 6 heteroatoms. The number of anilines is 1. The van der Waals surface area contributed by atoms with Gasteiger partial charge >= 0.3 is 6.03 Å². The van der Waals surface area contributed by atoms with Crippen molar-refractivity contribution in [2.45, 2.75) is 6.54 Å². The van der Waals surface area contributed by atoms with Crippen LogP contribution in [0.2, 0.25) is 0 Å². The maximum atomic E-state index is 11.8. The average molecular weight is 293 g/mol. The van der Waals surface area contributed by atoms with Crippen molar-refractivity contribution in [1.29, 1.82) is 0 Å². The number of urea groups is 1. The van der Waals surface area contributed by atoms with Crippen LogP contribution in [-0.2, 0) is 6.54 Å². The number of carbonyl (C=O) groups excluding carboxylic acids is 1. The van der Waals surface area contributed by atoms with Gasteiger partial charge < -0.3 is 10.6 Å². The molecule has 0 aliphatic carbocycles. The first-order valence-corrected chi connectivity index (χ1v) is 6.84. The topological polar surface area (TPSA) is 82.7 Å². The van der Waals surface area contributed by atoms with Gasteiger partial charge in [-0.2, -0.15) is 5.10 Å². The summed E-state index contributed by atoms with van der Waals surface area (Å²) in [6.07, 6.45) is 7.00. The standard InChI is InChI=1S/C16H15N5O/c22-16(18-9-12-2-1-7-17-8-12)21-15-5-3-13(4-6-15)14-10-19-20-11-14/h1-8,10-11H,9H2,(H,19,20)(H2,18,21,22). The number of nitrogens with zero attached hydrogens (tertiary/aromatic N) is 2. The average Bonchev–Trinajstić information content (AvgIpc) is 3.09. The van der Waals surface area contributed by atoms with Crippen molar-refractivity contribution in [1.82, 2.24) is 20.5 Å². The lowest BCUT2D eigenvalue weighted by Gasteiger charge is -2.08. The van der Waals surface area contributed by atoms with E-state index in [2.05, 4.69) is 25.8 Å². The Hall–Kier alpha value is -3.15. The Balaban J connectivity index is 1.55. The zero-order chi connectivity index (χ0) is 15.2. The Morgan fingerprint density at radius 2 is 1.95 bits per heavy atom. The van der Waals surface area contributed by atoms with E-state index in [9.17, 15) is 4.79 Å². The molecule has 2 heterocycles. The van der Waals surface area contributed by atoms with Gasteiger partial charge in [-0.05, 0) is 29.3 Å². The Morgan fingerprint density at radius 1 is 1.09 bits per heavy atom. The molecule has 6 nitrogen and oxygen atoms in total. The zero-order valence-electron chi connectivity index (χ0n) is 11.8. The molecule has 0 radical (unpaired) electrons. The lowest BCUT2D eigenvalue weighted by Crippen LogP contribution is -2.28. The second kappa shape index (κ2) is 6.53. The third kappa shape index (κ3) is 3.49. The normalized spacial score (nSPS) is 10.2. The molecule has 3 aromatic rings. The first-order chi connectivity index (χ1) is 10.8. The van der Waals surface area contributed by atoms with Crippen LogP contribution in [0.1, 0.15) is 5.56 Å². The van der Waals surface area contributed by atoms with Gasteiger partial charge in [-0.1, -0.05) is 18.2 Å². The zero-order valence-corrected chi connectivity index (χ0v) is 11.8. The molecule has 0 saturated heterocycles. The fourth-order valence-corrected chi connectivity index (χ4v) is 2.02. The van der Waals surface area contributed by atoms with Crippen LogP contribution >= 0.6 is 0 Å². The second-order valence-corrected chi connectivity index (χ2v) is 4.73. The van der Waals surface area contributed by atoms with E-state index in [1.165, 1.54) is 0 Å². The summed E-state index contributed by atoms with van der Waals surface area (Å²) >= 11 is 0. The fraction of sp³-hybridized carbons (Fsp3) is 0.0625. The van der Waals surface area contributed by atoms with Crippen LogP contribution in [0.15, 0.2) is 61.2 Å². The lowest BCUT2D eigenvalue weighted by atomic mass is 10.1. The van der Waals surface area contributed by atoms with Crippen molar-refractivity contribution in [3.63, 3.8) is 0 Å². The molecular formula is C16H15N5O. The Morgan fingerprint density at radius 3 is 2.64 bits per heavy atom. The lowest BCUT2D eigenvalue weighted by molar-refractivity contribution is 0.251. The van der Waals surface area contributed by atoms with Crippen molar-refractivity contribution in [2.24, 2.45) is 0 Å². The van der Waals surface area contributed by atoms with Crippen LogP contribution in [0.3, 0.4) is 0 Å². The SMILES string of the molecule is O=C(NCc1cccnc1)Nc1ccc(-c2cn[nH]c2)cc1. The molecule has 0 saturated carbocycles. The monoisotopic (exact) mass is 293 g/mol. The van der Waals surface area contributed by atoms with E-state index in [-0.39, 0.29) is 6.03 Å². The molecule has 2 aromatic heterocycles. The van der Waals surface area contributed by atoms with Crippen molar-refractivity contribution >= 4 is 11.7 Å². The maximum absolute atomic E-state index is 11.8. The number of carbonyl (C=O) groups is 1. The molecule has 22 heavy (non-hydrogen) atoms. The summed E-state index contributed by atoms with van der Waals surface area (Å²) in [6.45, 7) is 0.437. The third-order valence-electron chi connectivity index (χ3n) is 3.15. The summed E-state index contributed by atoms with van der Waals surface area (Å²) < 4.78 is 0. The van der Waals surface area contributed by atoms with E-state index >= 15 is 0 Å². The van der Waals surface area contributed by atoms with E-state index in [1.54, 1.807) is 18.6 Å². The van der Waals surface area contributed by atoms with Gasteiger partial charge in [0, 0.05) is 36.4 Å². The number of hydrogen-bond donors (Lipinski definition) is 3. The highest BCUT2D eigenvalue weighted by molar-refractivity contribution is 5.89. The number of pyridine rings is 1. The van der Waals surface area contributed by atoms with E-state index in [0.29, 0.717) is 6.54 Å². The highest BCUT2D eigenvalue weighted by Gasteiger charge is 2.03. The predicted octanol–water partition coefficient (Wildman–Crippen LogP) is 2.79. The molecule has 0 spiro atoms. The van der Waals surface area contributed by atoms with Gasteiger partial charge in [0.15, 0.2) is 0 Å². The molecular weight excluding hydrogens is 278 g/mol. The third-order valence-corrected chi connectivity index (χ3v) is 3.15. The molecule has 1 aromatic carbocycles. The van der Waals surface area contributed by atoms with Crippen LogP contribution in [0, 0.1) is 0 Å². The van der Waals surface area contributed by atoms with E-state index < -0.39 is 0 Å².